The summed E-state index contributed by atoms with van der Waals surface area (Å²) < 4.78 is 10.3. The molecule has 0 aliphatic carbocycles. The maximum Gasteiger partial charge on any atom is 0.336 e. The molecule has 0 unspecified atom stereocenters. The number of fused-ring (bicyclic) bond motifs is 1. The van der Waals surface area contributed by atoms with Crippen LogP contribution in [0.5, 0.6) is 0 Å². The van der Waals surface area contributed by atoms with E-state index in [4.69, 9.17) is 9.47 Å². The van der Waals surface area contributed by atoms with Crippen molar-refractivity contribution < 1.29 is 24.2 Å². The lowest BCUT2D eigenvalue weighted by Gasteiger charge is -2.22. The molecule has 0 spiro atoms. The Labute approximate surface area is 153 Å². The summed E-state index contributed by atoms with van der Waals surface area (Å²) >= 11 is 0. The number of aliphatic hydroxyl groups excluding tert-OH is 1. The first-order valence-electron chi connectivity index (χ1n) is 8.84. The summed E-state index contributed by atoms with van der Waals surface area (Å²) in [6.07, 6.45) is -2.10. The molecular weight excluding hydrogens is 332 g/mol. The molecule has 1 N–H and O–H groups in total. The molecule has 2 aromatic rings. The van der Waals surface area contributed by atoms with Crippen LogP contribution in [0.15, 0.2) is 42.5 Å². The van der Waals surface area contributed by atoms with Gasteiger partial charge in [0.1, 0.15) is 0 Å². The first-order chi connectivity index (χ1) is 12.3. The fraction of sp³-hybridized carbons (Fsp3) is 0.429. The van der Waals surface area contributed by atoms with Crippen LogP contribution in [-0.4, -0.2) is 35.4 Å². The van der Waals surface area contributed by atoms with Gasteiger partial charge in [0.25, 0.3) is 0 Å². The molecule has 2 rings (SSSR count). The third-order valence-corrected chi connectivity index (χ3v) is 3.90. The number of carbonyl (C=O) groups excluding carboxylic acids is 2. The van der Waals surface area contributed by atoms with Crippen molar-refractivity contribution in [3.05, 3.63) is 48.0 Å². The Morgan fingerprint density at radius 2 is 1.46 bits per heavy atom. The summed E-state index contributed by atoms with van der Waals surface area (Å²) in [6, 6.07) is 13.7. The van der Waals surface area contributed by atoms with E-state index in [0.717, 1.165) is 16.3 Å². The van der Waals surface area contributed by atoms with Gasteiger partial charge in [-0.25, -0.2) is 4.79 Å². The van der Waals surface area contributed by atoms with Crippen LogP contribution >= 0.6 is 0 Å². The van der Waals surface area contributed by atoms with Crippen molar-refractivity contribution in [3.8, 4) is 0 Å². The van der Waals surface area contributed by atoms with Crippen LogP contribution in [0, 0.1) is 5.92 Å². The monoisotopic (exact) mass is 358 g/mol. The molecule has 0 bridgehead atoms. The van der Waals surface area contributed by atoms with Gasteiger partial charge in [-0.05, 0) is 50.5 Å². The molecule has 0 saturated heterocycles. The van der Waals surface area contributed by atoms with Gasteiger partial charge < -0.3 is 14.6 Å². The molecule has 2 aromatic carbocycles. The number of rotatable bonds is 7. The van der Waals surface area contributed by atoms with E-state index in [1.807, 2.05) is 42.5 Å². The molecule has 140 valence electrons. The molecule has 5 nitrogen and oxygen atoms in total. The molecule has 0 aliphatic heterocycles. The van der Waals surface area contributed by atoms with Crippen LogP contribution in [0.4, 0.5) is 0 Å². The van der Waals surface area contributed by atoms with Gasteiger partial charge >= 0.3 is 11.9 Å². The van der Waals surface area contributed by atoms with E-state index in [0.29, 0.717) is 0 Å². The quantitative estimate of drug-likeness (QED) is 0.769. The van der Waals surface area contributed by atoms with Crippen LogP contribution in [0.1, 0.15) is 33.3 Å². The fourth-order valence-corrected chi connectivity index (χ4v) is 2.73. The molecule has 0 fully saturated rings. The van der Waals surface area contributed by atoms with Crippen LogP contribution in [-0.2, 0) is 25.5 Å². The molecule has 0 amide bonds. The molecule has 0 heterocycles. The zero-order chi connectivity index (χ0) is 19.3. The lowest BCUT2D eigenvalue weighted by Crippen LogP contribution is -2.40. The smallest absolute Gasteiger partial charge is 0.336 e. The van der Waals surface area contributed by atoms with Crippen molar-refractivity contribution in [2.45, 2.75) is 52.4 Å². The van der Waals surface area contributed by atoms with Gasteiger partial charge in [-0.2, -0.15) is 0 Å². The number of hydrogen-bond acceptors (Lipinski definition) is 5. The first kappa shape index (κ1) is 19.9. The number of aliphatic hydroxyl groups is 1. The largest absolute Gasteiger partial charge is 0.463 e. The second kappa shape index (κ2) is 8.81. The highest BCUT2D eigenvalue weighted by atomic mass is 16.6. The highest BCUT2D eigenvalue weighted by Crippen LogP contribution is 2.21. The first-order valence-corrected chi connectivity index (χ1v) is 8.84. The Bertz CT molecular complexity index is 766. The highest BCUT2D eigenvalue weighted by molar-refractivity contribution is 5.85. The van der Waals surface area contributed by atoms with E-state index >= 15 is 0 Å². The third kappa shape index (κ3) is 5.30. The summed E-state index contributed by atoms with van der Waals surface area (Å²) in [7, 11) is 0. The molecular formula is C21H26O5. The average Bonchev–Trinajstić information content (AvgIpc) is 2.57. The zero-order valence-electron chi connectivity index (χ0n) is 15.6. The van der Waals surface area contributed by atoms with Crippen LogP contribution in [0.3, 0.4) is 0 Å². The lowest BCUT2D eigenvalue weighted by molar-refractivity contribution is -0.170. The van der Waals surface area contributed by atoms with Crippen molar-refractivity contribution in [1.29, 1.82) is 0 Å². The SMILES string of the molecule is CC(C)OC(=O)[C@@H](O)[C@@H](Cc1ccc2ccccc2c1)C(=O)OC(C)C. The minimum atomic E-state index is -1.57. The minimum Gasteiger partial charge on any atom is -0.463 e. The van der Waals surface area contributed by atoms with Crippen molar-refractivity contribution in [3.63, 3.8) is 0 Å². The van der Waals surface area contributed by atoms with Crippen molar-refractivity contribution in [2.75, 3.05) is 0 Å². The van der Waals surface area contributed by atoms with Gasteiger partial charge in [0.15, 0.2) is 6.10 Å². The van der Waals surface area contributed by atoms with Crippen molar-refractivity contribution in [1.82, 2.24) is 0 Å². The summed E-state index contributed by atoms with van der Waals surface area (Å²) in [6.45, 7) is 6.83. The number of esters is 2. The van der Waals surface area contributed by atoms with E-state index < -0.39 is 24.0 Å². The molecule has 5 heteroatoms. The molecule has 0 aromatic heterocycles. The number of ether oxygens (including phenoxy) is 2. The third-order valence-electron chi connectivity index (χ3n) is 3.90. The normalized spacial score (nSPS) is 13.7. The van der Waals surface area contributed by atoms with Crippen molar-refractivity contribution >= 4 is 22.7 Å². The molecule has 26 heavy (non-hydrogen) atoms. The van der Waals surface area contributed by atoms with Gasteiger partial charge in [0.05, 0.1) is 18.1 Å². The molecule has 2 atom stereocenters. The van der Waals surface area contributed by atoms with Gasteiger partial charge in [-0.3, -0.25) is 4.79 Å². The molecule has 0 aliphatic rings. The van der Waals surface area contributed by atoms with E-state index in [9.17, 15) is 14.7 Å². The maximum atomic E-state index is 12.5. The Hall–Kier alpha value is -2.40. The fourth-order valence-electron chi connectivity index (χ4n) is 2.73. The van der Waals surface area contributed by atoms with Gasteiger partial charge in [0.2, 0.25) is 0 Å². The van der Waals surface area contributed by atoms with Gasteiger partial charge in [-0.15, -0.1) is 0 Å². The lowest BCUT2D eigenvalue weighted by atomic mass is 9.92. The Morgan fingerprint density at radius 1 is 0.885 bits per heavy atom. The van der Waals surface area contributed by atoms with Crippen LogP contribution < -0.4 is 0 Å². The van der Waals surface area contributed by atoms with Crippen molar-refractivity contribution in [2.24, 2.45) is 5.92 Å². The topological polar surface area (TPSA) is 72.8 Å². The number of hydrogen-bond donors (Lipinski definition) is 1. The number of carbonyl (C=O) groups is 2. The number of benzene rings is 2. The van der Waals surface area contributed by atoms with Gasteiger partial charge in [0, 0.05) is 0 Å². The highest BCUT2D eigenvalue weighted by Gasteiger charge is 2.35. The Kier molecular flexibility index (Phi) is 6.75. The molecule has 0 radical (unpaired) electrons. The van der Waals surface area contributed by atoms with Gasteiger partial charge in [-0.1, -0.05) is 42.5 Å². The standard InChI is InChI=1S/C21H26O5/c1-13(2)25-20(23)18(19(22)21(24)26-14(3)4)12-15-9-10-16-7-5-6-8-17(16)11-15/h5-11,13-14,18-19,22H,12H2,1-4H3/t18-,19+/m1/s1. The predicted octanol–water partition coefficient (Wildman–Crippen LogP) is 3.26. The maximum absolute atomic E-state index is 12.5. The minimum absolute atomic E-state index is 0.185. The van der Waals surface area contributed by atoms with E-state index in [1.54, 1.807) is 27.7 Å². The van der Waals surface area contributed by atoms with Crippen LogP contribution in [0.2, 0.25) is 0 Å². The molecule has 0 saturated carbocycles. The predicted molar refractivity (Wildman–Crippen MR) is 99.6 cm³/mol. The average molecular weight is 358 g/mol. The van der Waals surface area contributed by atoms with E-state index in [-0.39, 0.29) is 18.6 Å². The Balaban J connectivity index is 2.26. The summed E-state index contributed by atoms with van der Waals surface area (Å²) in [5.41, 5.74) is 0.839. The second-order valence-corrected chi connectivity index (χ2v) is 6.91. The zero-order valence-corrected chi connectivity index (χ0v) is 15.6. The summed E-state index contributed by atoms with van der Waals surface area (Å²) in [5.74, 6) is -2.45. The summed E-state index contributed by atoms with van der Waals surface area (Å²) in [5, 5.41) is 12.5. The Morgan fingerprint density at radius 3 is 2.08 bits per heavy atom. The second-order valence-electron chi connectivity index (χ2n) is 6.91. The van der Waals surface area contributed by atoms with E-state index in [2.05, 4.69) is 0 Å². The van der Waals surface area contributed by atoms with Crippen LogP contribution in [0.25, 0.3) is 10.8 Å². The summed E-state index contributed by atoms with van der Waals surface area (Å²) in [4.78, 5) is 24.6. The van der Waals surface area contributed by atoms with E-state index in [1.165, 1.54) is 0 Å².